The molecule has 0 radical (unpaired) electrons. The zero-order valence-corrected chi connectivity index (χ0v) is 11.8. The molecule has 1 aliphatic rings. The van der Waals surface area contributed by atoms with E-state index in [1.807, 2.05) is 24.3 Å². The summed E-state index contributed by atoms with van der Waals surface area (Å²) in [5.41, 5.74) is -0.0937. The van der Waals surface area contributed by atoms with Crippen molar-refractivity contribution in [3.63, 3.8) is 0 Å². The second-order valence-electron chi connectivity index (χ2n) is 5.38. The van der Waals surface area contributed by atoms with Crippen LogP contribution in [0.15, 0.2) is 24.3 Å². The molecule has 100 valence electrons. The molecule has 4 nitrogen and oxygen atoms in total. The number of hydrogen-bond donors (Lipinski definition) is 0. The molecule has 0 bridgehead atoms. The predicted molar refractivity (Wildman–Crippen MR) is 76.8 cm³/mol. The summed E-state index contributed by atoms with van der Waals surface area (Å²) in [6.45, 7) is 6.51. The minimum atomic E-state index is -0.0937. The van der Waals surface area contributed by atoms with E-state index in [0.29, 0.717) is 18.4 Å². The number of hydrogen-bond acceptors (Lipinski definition) is 4. The van der Waals surface area contributed by atoms with Crippen molar-refractivity contribution in [1.82, 2.24) is 10.2 Å². The van der Waals surface area contributed by atoms with E-state index < -0.39 is 0 Å². The van der Waals surface area contributed by atoms with E-state index in [-0.39, 0.29) is 5.54 Å². The fourth-order valence-corrected chi connectivity index (χ4v) is 2.71. The third-order valence-electron chi connectivity index (χ3n) is 3.52. The van der Waals surface area contributed by atoms with Gasteiger partial charge in [0.15, 0.2) is 11.0 Å². The van der Waals surface area contributed by atoms with Gasteiger partial charge in [0.2, 0.25) is 0 Å². The summed E-state index contributed by atoms with van der Waals surface area (Å²) in [5, 5.41) is 10.8. The maximum atomic E-state index is 6.12. The highest BCUT2D eigenvalue weighted by Crippen LogP contribution is 2.32. The van der Waals surface area contributed by atoms with E-state index in [0.717, 1.165) is 23.1 Å². The molecule has 2 heterocycles. The van der Waals surface area contributed by atoms with Crippen LogP contribution in [0.5, 0.6) is 0 Å². The summed E-state index contributed by atoms with van der Waals surface area (Å²) in [6, 6.07) is 7.97. The maximum absolute atomic E-state index is 6.12. The molecule has 3 rings (SSSR count). The lowest BCUT2D eigenvalue weighted by molar-refractivity contribution is 0.0640. The van der Waals surface area contributed by atoms with Gasteiger partial charge in [-0.25, -0.2) is 0 Å². The number of anilines is 1. The Morgan fingerprint density at radius 2 is 1.95 bits per heavy atom. The molecule has 1 aromatic carbocycles. The molecule has 2 aromatic rings. The van der Waals surface area contributed by atoms with Gasteiger partial charge in [-0.15, -0.1) is 10.2 Å². The van der Waals surface area contributed by atoms with Crippen molar-refractivity contribution < 1.29 is 4.74 Å². The number of ether oxygens (including phenoxy) is 1. The molecule has 1 aromatic heterocycles. The molecule has 0 atom stereocenters. The Bertz CT molecular complexity index is 615. The lowest BCUT2D eigenvalue weighted by Gasteiger charge is -2.43. The number of benzene rings is 1. The Morgan fingerprint density at radius 3 is 2.68 bits per heavy atom. The Kier molecular flexibility index (Phi) is 3.07. The van der Waals surface area contributed by atoms with E-state index in [9.17, 15) is 0 Å². The highest BCUT2D eigenvalue weighted by atomic mass is 35.5. The predicted octanol–water partition coefficient (Wildman–Crippen LogP) is 2.90. The summed E-state index contributed by atoms with van der Waals surface area (Å²) in [7, 11) is 0. The van der Waals surface area contributed by atoms with Gasteiger partial charge in [-0.05, 0) is 13.8 Å². The van der Waals surface area contributed by atoms with Crippen LogP contribution in [0.2, 0.25) is 5.15 Å². The zero-order valence-electron chi connectivity index (χ0n) is 11.1. The standard InChI is InChI=1S/C14H16ClN3O/c1-14(2)9-19-8-7-18(14)13-11-6-4-3-5-10(11)12(15)16-17-13/h3-6H,7-9H2,1-2H3. The van der Waals surface area contributed by atoms with Gasteiger partial charge in [0, 0.05) is 17.3 Å². The first kappa shape index (κ1) is 12.6. The molecule has 1 saturated heterocycles. The third kappa shape index (κ3) is 2.15. The molecule has 1 aliphatic heterocycles. The van der Waals surface area contributed by atoms with Gasteiger partial charge in [-0.2, -0.15) is 0 Å². The van der Waals surface area contributed by atoms with Gasteiger partial charge >= 0.3 is 0 Å². The highest BCUT2D eigenvalue weighted by molar-refractivity contribution is 6.34. The van der Waals surface area contributed by atoms with Crippen LogP contribution in [0.25, 0.3) is 10.8 Å². The monoisotopic (exact) mass is 277 g/mol. The number of nitrogens with zero attached hydrogens (tertiary/aromatic N) is 3. The van der Waals surface area contributed by atoms with Crippen LogP contribution in [0.4, 0.5) is 5.82 Å². The van der Waals surface area contributed by atoms with E-state index in [1.165, 1.54) is 0 Å². The van der Waals surface area contributed by atoms with Crippen molar-refractivity contribution in [3.05, 3.63) is 29.4 Å². The van der Waals surface area contributed by atoms with Crippen LogP contribution in [0.3, 0.4) is 0 Å². The molecule has 0 saturated carbocycles. The smallest absolute Gasteiger partial charge is 0.159 e. The minimum absolute atomic E-state index is 0.0937. The zero-order chi connectivity index (χ0) is 13.5. The average Bonchev–Trinajstić information content (AvgIpc) is 2.40. The highest BCUT2D eigenvalue weighted by Gasteiger charge is 2.32. The van der Waals surface area contributed by atoms with Crippen molar-refractivity contribution in [2.45, 2.75) is 19.4 Å². The van der Waals surface area contributed by atoms with Crippen LogP contribution in [-0.2, 0) is 4.74 Å². The van der Waals surface area contributed by atoms with Gasteiger partial charge in [-0.3, -0.25) is 0 Å². The summed E-state index contributed by atoms with van der Waals surface area (Å²) in [4.78, 5) is 2.25. The second-order valence-corrected chi connectivity index (χ2v) is 5.73. The lowest BCUT2D eigenvalue weighted by atomic mass is 10.0. The van der Waals surface area contributed by atoms with Gasteiger partial charge in [-0.1, -0.05) is 35.9 Å². The third-order valence-corrected chi connectivity index (χ3v) is 3.80. The van der Waals surface area contributed by atoms with Crippen molar-refractivity contribution in [2.75, 3.05) is 24.7 Å². The van der Waals surface area contributed by atoms with Crippen molar-refractivity contribution in [1.29, 1.82) is 0 Å². The van der Waals surface area contributed by atoms with E-state index in [2.05, 4.69) is 28.9 Å². The summed E-state index contributed by atoms with van der Waals surface area (Å²) in [5.74, 6) is 0.883. The Morgan fingerprint density at radius 1 is 1.21 bits per heavy atom. The number of fused-ring (bicyclic) bond motifs is 1. The molecule has 19 heavy (non-hydrogen) atoms. The summed E-state index contributed by atoms with van der Waals surface area (Å²) in [6.07, 6.45) is 0. The van der Waals surface area contributed by atoms with Gasteiger partial charge in [0.1, 0.15) is 0 Å². The fraction of sp³-hybridized carbons (Fsp3) is 0.429. The molecule has 0 N–H and O–H groups in total. The van der Waals surface area contributed by atoms with Crippen LogP contribution in [0, 0.1) is 0 Å². The van der Waals surface area contributed by atoms with E-state index in [4.69, 9.17) is 16.3 Å². The largest absolute Gasteiger partial charge is 0.377 e. The normalized spacial score (nSPS) is 18.8. The van der Waals surface area contributed by atoms with E-state index >= 15 is 0 Å². The van der Waals surface area contributed by atoms with Crippen molar-refractivity contribution in [3.8, 4) is 0 Å². The Hall–Kier alpha value is -1.39. The van der Waals surface area contributed by atoms with Gasteiger partial charge in [0.05, 0.1) is 18.8 Å². The Labute approximate surface area is 117 Å². The molecule has 5 heteroatoms. The SMILES string of the molecule is CC1(C)COCCN1c1nnc(Cl)c2ccccc12. The average molecular weight is 278 g/mol. The van der Waals surface area contributed by atoms with Crippen molar-refractivity contribution in [2.24, 2.45) is 0 Å². The first-order valence-electron chi connectivity index (χ1n) is 6.36. The lowest BCUT2D eigenvalue weighted by Crippen LogP contribution is -2.53. The first-order valence-corrected chi connectivity index (χ1v) is 6.74. The maximum Gasteiger partial charge on any atom is 0.159 e. The van der Waals surface area contributed by atoms with Crippen LogP contribution >= 0.6 is 11.6 Å². The molecule has 0 spiro atoms. The number of rotatable bonds is 1. The second kappa shape index (κ2) is 4.62. The quantitative estimate of drug-likeness (QED) is 0.803. The summed E-state index contributed by atoms with van der Waals surface area (Å²) < 4.78 is 5.56. The summed E-state index contributed by atoms with van der Waals surface area (Å²) >= 11 is 6.12. The first-order chi connectivity index (χ1) is 9.09. The van der Waals surface area contributed by atoms with E-state index in [1.54, 1.807) is 0 Å². The molecule has 0 amide bonds. The minimum Gasteiger partial charge on any atom is -0.377 e. The topological polar surface area (TPSA) is 38.2 Å². The molecule has 0 unspecified atom stereocenters. The van der Waals surface area contributed by atoms with Crippen LogP contribution in [0.1, 0.15) is 13.8 Å². The number of morpholine rings is 1. The van der Waals surface area contributed by atoms with Crippen LogP contribution < -0.4 is 4.90 Å². The fourth-order valence-electron chi connectivity index (χ4n) is 2.51. The van der Waals surface area contributed by atoms with Gasteiger partial charge < -0.3 is 9.64 Å². The molecule has 0 aliphatic carbocycles. The number of aromatic nitrogens is 2. The van der Waals surface area contributed by atoms with Gasteiger partial charge in [0.25, 0.3) is 0 Å². The Balaban J connectivity index is 2.17. The molecular weight excluding hydrogens is 262 g/mol. The van der Waals surface area contributed by atoms with Crippen molar-refractivity contribution >= 4 is 28.2 Å². The molecule has 1 fully saturated rings. The van der Waals surface area contributed by atoms with Crippen LogP contribution in [-0.4, -0.2) is 35.5 Å². The number of halogens is 1. The molecular formula is C14H16ClN3O.